The van der Waals surface area contributed by atoms with Gasteiger partial charge in [0.05, 0.1) is 18.6 Å². The number of aromatic nitrogens is 1. The summed E-state index contributed by atoms with van der Waals surface area (Å²) in [6, 6.07) is 7.69. The Morgan fingerprint density at radius 1 is 1.24 bits per heavy atom. The van der Waals surface area contributed by atoms with Crippen molar-refractivity contribution in [1.82, 2.24) is 4.98 Å². The standard InChI is InChI=1S/C19H18FNO4/c1-19(2)24-11-17(25-19)14-7-3-6-13(18(14)20)16(23)9-15(22)12-5-4-8-21-10-12/h3-8,10,17H,9,11H2,1-2H3. The number of nitrogens with zero attached hydrogens (tertiary/aromatic N) is 1. The van der Waals surface area contributed by atoms with Crippen LogP contribution in [0.1, 0.15) is 52.7 Å². The molecule has 1 fully saturated rings. The molecule has 1 aliphatic heterocycles. The lowest BCUT2D eigenvalue weighted by atomic mass is 9.98. The lowest BCUT2D eigenvalue weighted by molar-refractivity contribution is -0.139. The van der Waals surface area contributed by atoms with Gasteiger partial charge in [-0.3, -0.25) is 14.6 Å². The molecule has 25 heavy (non-hydrogen) atoms. The van der Waals surface area contributed by atoms with Crippen LogP contribution in [0.2, 0.25) is 0 Å². The maximum absolute atomic E-state index is 14.8. The predicted molar refractivity (Wildman–Crippen MR) is 87.8 cm³/mol. The fourth-order valence-corrected chi connectivity index (χ4v) is 2.72. The van der Waals surface area contributed by atoms with Gasteiger partial charge in [-0.05, 0) is 32.0 Å². The average molecular weight is 343 g/mol. The SMILES string of the molecule is CC1(C)OCC(c2cccc(C(=O)CC(=O)c3cccnc3)c2F)O1. The normalized spacial score (nSPS) is 18.9. The van der Waals surface area contributed by atoms with E-state index in [1.165, 1.54) is 18.5 Å². The number of carbonyl (C=O) groups is 2. The van der Waals surface area contributed by atoms with Crippen LogP contribution in [0.3, 0.4) is 0 Å². The Kier molecular flexibility index (Phi) is 4.74. The van der Waals surface area contributed by atoms with E-state index in [1.807, 2.05) is 0 Å². The molecule has 2 aromatic rings. The molecule has 1 unspecified atom stereocenters. The van der Waals surface area contributed by atoms with Crippen LogP contribution in [0.5, 0.6) is 0 Å². The number of ether oxygens (including phenoxy) is 2. The summed E-state index contributed by atoms with van der Waals surface area (Å²) in [4.78, 5) is 28.4. The van der Waals surface area contributed by atoms with Crippen LogP contribution in [0.25, 0.3) is 0 Å². The van der Waals surface area contributed by atoms with E-state index in [4.69, 9.17) is 9.47 Å². The van der Waals surface area contributed by atoms with Crippen LogP contribution in [-0.4, -0.2) is 28.9 Å². The zero-order chi connectivity index (χ0) is 18.0. The van der Waals surface area contributed by atoms with E-state index in [0.29, 0.717) is 5.56 Å². The molecule has 1 saturated heterocycles. The maximum Gasteiger partial charge on any atom is 0.173 e. The van der Waals surface area contributed by atoms with Crippen LogP contribution in [0, 0.1) is 5.82 Å². The first-order chi connectivity index (χ1) is 11.9. The summed E-state index contributed by atoms with van der Waals surface area (Å²) < 4.78 is 25.9. The highest BCUT2D eigenvalue weighted by Crippen LogP contribution is 2.34. The van der Waals surface area contributed by atoms with Crippen LogP contribution < -0.4 is 0 Å². The van der Waals surface area contributed by atoms with E-state index < -0.39 is 35.7 Å². The fourth-order valence-electron chi connectivity index (χ4n) is 2.72. The molecule has 1 atom stereocenters. The number of carbonyl (C=O) groups excluding carboxylic acids is 2. The summed E-state index contributed by atoms with van der Waals surface area (Å²) in [6.07, 6.45) is 1.91. The van der Waals surface area contributed by atoms with Gasteiger partial charge in [0.1, 0.15) is 11.9 Å². The number of rotatable bonds is 5. The van der Waals surface area contributed by atoms with Crippen LogP contribution in [0.15, 0.2) is 42.7 Å². The minimum Gasteiger partial charge on any atom is -0.347 e. The van der Waals surface area contributed by atoms with E-state index in [0.717, 1.165) is 0 Å². The van der Waals surface area contributed by atoms with E-state index in [-0.39, 0.29) is 17.7 Å². The van der Waals surface area contributed by atoms with Crippen LogP contribution >= 0.6 is 0 Å². The molecule has 5 nitrogen and oxygen atoms in total. The van der Waals surface area contributed by atoms with E-state index in [9.17, 15) is 14.0 Å². The first-order valence-electron chi connectivity index (χ1n) is 7.94. The van der Waals surface area contributed by atoms with Crippen molar-refractivity contribution in [2.24, 2.45) is 0 Å². The fraction of sp³-hybridized carbons (Fsp3) is 0.316. The second-order valence-corrected chi connectivity index (χ2v) is 6.29. The first-order valence-corrected chi connectivity index (χ1v) is 7.94. The number of pyridine rings is 1. The summed E-state index contributed by atoms with van der Waals surface area (Å²) >= 11 is 0. The van der Waals surface area contributed by atoms with Crippen molar-refractivity contribution in [2.75, 3.05) is 6.61 Å². The minimum absolute atomic E-state index is 0.122. The molecule has 0 amide bonds. The Labute approximate surface area is 144 Å². The molecule has 130 valence electrons. The average Bonchev–Trinajstić information content (AvgIpc) is 2.95. The highest BCUT2D eigenvalue weighted by molar-refractivity contribution is 6.13. The lowest BCUT2D eigenvalue weighted by Crippen LogP contribution is -2.20. The summed E-state index contributed by atoms with van der Waals surface area (Å²) in [5.74, 6) is -2.44. The lowest BCUT2D eigenvalue weighted by Gasteiger charge is -2.18. The van der Waals surface area contributed by atoms with Gasteiger partial charge in [0.2, 0.25) is 0 Å². The summed E-state index contributed by atoms with van der Waals surface area (Å²) in [5, 5.41) is 0. The second kappa shape index (κ2) is 6.82. The first kappa shape index (κ1) is 17.4. The summed E-state index contributed by atoms with van der Waals surface area (Å²) in [6.45, 7) is 3.69. The number of hydrogen-bond donors (Lipinski definition) is 0. The molecule has 0 aliphatic carbocycles. The van der Waals surface area contributed by atoms with Crippen LogP contribution in [-0.2, 0) is 9.47 Å². The Balaban J connectivity index is 1.80. The van der Waals surface area contributed by atoms with Gasteiger partial charge in [-0.2, -0.15) is 0 Å². The highest BCUT2D eigenvalue weighted by atomic mass is 19.1. The molecule has 0 bridgehead atoms. The molecule has 0 radical (unpaired) electrons. The van der Waals surface area contributed by atoms with Gasteiger partial charge in [-0.15, -0.1) is 0 Å². The third-order valence-corrected chi connectivity index (χ3v) is 3.99. The molecule has 1 aliphatic rings. The third kappa shape index (κ3) is 3.81. The molecule has 0 spiro atoms. The number of hydrogen-bond acceptors (Lipinski definition) is 5. The van der Waals surface area contributed by atoms with E-state index in [1.54, 1.807) is 38.1 Å². The maximum atomic E-state index is 14.8. The molecule has 0 saturated carbocycles. The molecule has 2 heterocycles. The topological polar surface area (TPSA) is 65.5 Å². The Morgan fingerprint density at radius 3 is 2.68 bits per heavy atom. The van der Waals surface area contributed by atoms with E-state index in [2.05, 4.69) is 4.98 Å². The van der Waals surface area contributed by atoms with Crippen molar-refractivity contribution in [1.29, 1.82) is 0 Å². The van der Waals surface area contributed by atoms with Gasteiger partial charge in [0.15, 0.2) is 17.4 Å². The number of Topliss-reactive ketones (excluding diaryl/α,β-unsaturated/α-hetero) is 2. The molecule has 1 aromatic heterocycles. The quantitative estimate of drug-likeness (QED) is 0.614. The summed E-state index contributed by atoms with van der Waals surface area (Å²) in [7, 11) is 0. The van der Waals surface area contributed by atoms with Crippen molar-refractivity contribution in [3.63, 3.8) is 0 Å². The number of ketones is 2. The monoisotopic (exact) mass is 343 g/mol. The highest BCUT2D eigenvalue weighted by Gasteiger charge is 2.35. The Bertz CT molecular complexity index is 804. The van der Waals surface area contributed by atoms with E-state index >= 15 is 0 Å². The zero-order valence-corrected chi connectivity index (χ0v) is 14.0. The van der Waals surface area contributed by atoms with Gasteiger partial charge in [0, 0.05) is 23.5 Å². The third-order valence-electron chi connectivity index (χ3n) is 3.99. The van der Waals surface area contributed by atoms with Crippen molar-refractivity contribution in [3.8, 4) is 0 Å². The molecule has 6 heteroatoms. The largest absolute Gasteiger partial charge is 0.347 e. The van der Waals surface area contributed by atoms with Gasteiger partial charge < -0.3 is 9.47 Å². The van der Waals surface area contributed by atoms with Crippen molar-refractivity contribution in [3.05, 3.63) is 65.2 Å². The van der Waals surface area contributed by atoms with Crippen LogP contribution in [0.4, 0.5) is 4.39 Å². The van der Waals surface area contributed by atoms with Crippen molar-refractivity contribution in [2.45, 2.75) is 32.2 Å². The van der Waals surface area contributed by atoms with Gasteiger partial charge in [-0.1, -0.05) is 12.1 Å². The molecular formula is C19H18FNO4. The van der Waals surface area contributed by atoms with Gasteiger partial charge >= 0.3 is 0 Å². The second-order valence-electron chi connectivity index (χ2n) is 6.29. The number of halogens is 1. The molecule has 0 N–H and O–H groups in total. The number of benzene rings is 1. The summed E-state index contributed by atoms with van der Waals surface area (Å²) in [5.41, 5.74) is 0.454. The van der Waals surface area contributed by atoms with Gasteiger partial charge in [0.25, 0.3) is 0 Å². The zero-order valence-electron chi connectivity index (χ0n) is 14.0. The molecular weight excluding hydrogens is 325 g/mol. The van der Waals surface area contributed by atoms with Crippen molar-refractivity contribution < 1.29 is 23.5 Å². The Hall–Kier alpha value is -2.44. The Morgan fingerprint density at radius 2 is 2.04 bits per heavy atom. The minimum atomic E-state index is -0.798. The smallest absolute Gasteiger partial charge is 0.173 e. The molecule has 3 rings (SSSR count). The van der Waals surface area contributed by atoms with Crippen molar-refractivity contribution >= 4 is 11.6 Å². The molecule has 1 aromatic carbocycles. The predicted octanol–water partition coefficient (Wildman–Crippen LogP) is 3.50. The van der Waals surface area contributed by atoms with Gasteiger partial charge in [-0.25, -0.2) is 4.39 Å².